The Morgan fingerprint density at radius 1 is 1.43 bits per heavy atom. The van der Waals surface area contributed by atoms with Gasteiger partial charge in [0.05, 0.1) is 5.69 Å². The topological polar surface area (TPSA) is 28.2 Å². The third kappa shape index (κ3) is 5.08. The van der Waals surface area contributed by atoms with Gasteiger partial charge in [-0.1, -0.05) is 32.8 Å². The Hall–Kier alpha value is -0.930. The Morgan fingerprint density at radius 3 is 2.95 bits per heavy atom. The summed E-state index contributed by atoms with van der Waals surface area (Å²) < 4.78 is 0. The third-order valence-electron chi connectivity index (χ3n) is 4.70. The average Bonchev–Trinajstić information content (AvgIpc) is 2.46. The van der Waals surface area contributed by atoms with E-state index in [2.05, 4.69) is 48.2 Å². The Kier molecular flexibility index (Phi) is 6.19. The highest BCUT2D eigenvalue weighted by Gasteiger charge is 2.35. The van der Waals surface area contributed by atoms with E-state index in [1.54, 1.807) is 0 Å². The molecule has 1 aliphatic rings. The molecule has 0 saturated heterocycles. The first-order chi connectivity index (χ1) is 10.1. The Bertz CT molecular complexity index is 406. The third-order valence-corrected chi connectivity index (χ3v) is 4.70. The molecule has 1 aromatic heterocycles. The van der Waals surface area contributed by atoms with Crippen molar-refractivity contribution in [3.63, 3.8) is 0 Å². The zero-order valence-corrected chi connectivity index (χ0v) is 13.9. The molecule has 0 radical (unpaired) electrons. The predicted molar refractivity (Wildman–Crippen MR) is 89.2 cm³/mol. The van der Waals surface area contributed by atoms with Gasteiger partial charge in [0.2, 0.25) is 0 Å². The molecule has 1 aliphatic carbocycles. The summed E-state index contributed by atoms with van der Waals surface area (Å²) in [5, 5.41) is 3.61. The quantitative estimate of drug-likeness (QED) is 0.834. The van der Waals surface area contributed by atoms with Gasteiger partial charge in [0.25, 0.3) is 0 Å². The number of nitrogens with zero attached hydrogens (tertiary/aromatic N) is 2. The molecular weight excluding hydrogens is 258 g/mol. The fourth-order valence-electron chi connectivity index (χ4n) is 3.92. The molecule has 1 fully saturated rings. The maximum atomic E-state index is 4.45. The summed E-state index contributed by atoms with van der Waals surface area (Å²) in [5.41, 5.74) is 1.61. The largest absolute Gasteiger partial charge is 0.316 e. The molecule has 3 nitrogen and oxygen atoms in total. The van der Waals surface area contributed by atoms with E-state index in [0.717, 1.165) is 25.6 Å². The lowest BCUT2D eigenvalue weighted by molar-refractivity contribution is 0.0890. The highest BCUT2D eigenvalue weighted by molar-refractivity contribution is 5.03. The van der Waals surface area contributed by atoms with Gasteiger partial charge in [-0.25, -0.2) is 0 Å². The van der Waals surface area contributed by atoms with Gasteiger partial charge in [-0.15, -0.1) is 0 Å². The van der Waals surface area contributed by atoms with Crippen molar-refractivity contribution in [1.29, 1.82) is 0 Å². The number of rotatable bonds is 7. The molecule has 0 aromatic carbocycles. The highest BCUT2D eigenvalue weighted by atomic mass is 15.1. The van der Waals surface area contributed by atoms with Crippen LogP contribution < -0.4 is 5.32 Å². The normalized spacial score (nSPS) is 26.2. The van der Waals surface area contributed by atoms with Crippen molar-refractivity contribution < 1.29 is 0 Å². The molecule has 1 saturated carbocycles. The van der Waals surface area contributed by atoms with E-state index in [0.29, 0.717) is 5.41 Å². The summed E-state index contributed by atoms with van der Waals surface area (Å²) in [6.07, 6.45) is 7.38. The number of pyridine rings is 1. The Balaban J connectivity index is 1.97. The molecule has 2 atom stereocenters. The maximum absolute atomic E-state index is 4.45. The lowest BCUT2D eigenvalue weighted by atomic mass is 9.69. The van der Waals surface area contributed by atoms with Crippen molar-refractivity contribution in [2.45, 2.75) is 46.1 Å². The summed E-state index contributed by atoms with van der Waals surface area (Å²) in [7, 11) is 2.24. The van der Waals surface area contributed by atoms with Crippen molar-refractivity contribution in [1.82, 2.24) is 15.2 Å². The Labute approximate surface area is 130 Å². The predicted octanol–water partition coefficient (Wildman–Crippen LogP) is 3.32. The zero-order chi connectivity index (χ0) is 15.1. The van der Waals surface area contributed by atoms with Crippen LogP contribution in [0.25, 0.3) is 0 Å². The molecule has 21 heavy (non-hydrogen) atoms. The van der Waals surface area contributed by atoms with Gasteiger partial charge in [-0.05, 0) is 49.9 Å². The van der Waals surface area contributed by atoms with E-state index >= 15 is 0 Å². The molecule has 118 valence electrons. The van der Waals surface area contributed by atoms with Gasteiger partial charge in [-0.2, -0.15) is 0 Å². The molecule has 0 bridgehead atoms. The van der Waals surface area contributed by atoms with Crippen molar-refractivity contribution in [2.75, 3.05) is 26.7 Å². The molecule has 1 aromatic rings. The molecule has 0 amide bonds. The van der Waals surface area contributed by atoms with E-state index in [1.165, 1.54) is 37.9 Å². The van der Waals surface area contributed by atoms with Crippen molar-refractivity contribution >= 4 is 0 Å². The summed E-state index contributed by atoms with van der Waals surface area (Å²) in [5.74, 6) is 0.862. The summed E-state index contributed by atoms with van der Waals surface area (Å²) >= 11 is 0. The zero-order valence-electron chi connectivity index (χ0n) is 13.9. The van der Waals surface area contributed by atoms with Crippen molar-refractivity contribution in [3.8, 4) is 0 Å². The number of hydrogen-bond donors (Lipinski definition) is 1. The molecule has 3 heteroatoms. The highest BCUT2D eigenvalue weighted by Crippen LogP contribution is 2.39. The molecule has 2 unspecified atom stereocenters. The second kappa shape index (κ2) is 7.90. The Morgan fingerprint density at radius 2 is 2.29 bits per heavy atom. The van der Waals surface area contributed by atoms with E-state index in [-0.39, 0.29) is 0 Å². The van der Waals surface area contributed by atoms with Crippen molar-refractivity contribution in [2.24, 2.45) is 11.3 Å². The van der Waals surface area contributed by atoms with Crippen LogP contribution in [0, 0.1) is 11.3 Å². The minimum Gasteiger partial charge on any atom is -0.316 e. The van der Waals surface area contributed by atoms with E-state index in [4.69, 9.17) is 0 Å². The van der Waals surface area contributed by atoms with Crippen LogP contribution in [0.4, 0.5) is 0 Å². The van der Waals surface area contributed by atoms with Crippen LogP contribution in [-0.2, 0) is 6.54 Å². The number of nitrogens with one attached hydrogen (secondary N) is 1. The van der Waals surface area contributed by atoms with Crippen LogP contribution in [-0.4, -0.2) is 36.6 Å². The van der Waals surface area contributed by atoms with Gasteiger partial charge >= 0.3 is 0 Å². The minimum absolute atomic E-state index is 0.442. The number of aromatic nitrogens is 1. The monoisotopic (exact) mass is 289 g/mol. The van der Waals surface area contributed by atoms with Gasteiger partial charge in [0, 0.05) is 25.8 Å². The SMILES string of the molecule is CCNCC1(CN(C)Cc2ccccn2)CCCC(C)C1. The molecule has 2 rings (SSSR count). The smallest absolute Gasteiger partial charge is 0.0543 e. The number of hydrogen-bond acceptors (Lipinski definition) is 3. The average molecular weight is 289 g/mol. The molecule has 0 aliphatic heterocycles. The van der Waals surface area contributed by atoms with Crippen LogP contribution in [0.1, 0.15) is 45.2 Å². The first-order valence-electron chi connectivity index (χ1n) is 8.43. The fraction of sp³-hybridized carbons (Fsp3) is 0.722. The van der Waals surface area contributed by atoms with Gasteiger partial charge < -0.3 is 5.32 Å². The van der Waals surface area contributed by atoms with Crippen LogP contribution in [0.3, 0.4) is 0 Å². The summed E-state index contributed by atoms with van der Waals surface area (Å²) in [6, 6.07) is 6.18. The standard InChI is InChI=1S/C18H31N3/c1-4-19-14-18(10-7-8-16(2)12-18)15-21(3)13-17-9-5-6-11-20-17/h5-6,9,11,16,19H,4,7-8,10,12-15H2,1-3H3. The van der Waals surface area contributed by atoms with Gasteiger partial charge in [-0.3, -0.25) is 9.88 Å². The van der Waals surface area contributed by atoms with E-state index < -0.39 is 0 Å². The molecule has 0 spiro atoms. The van der Waals surface area contributed by atoms with Crippen LogP contribution in [0.2, 0.25) is 0 Å². The summed E-state index contributed by atoms with van der Waals surface area (Å²) in [6.45, 7) is 8.96. The molecule has 1 N–H and O–H groups in total. The summed E-state index contributed by atoms with van der Waals surface area (Å²) in [4.78, 5) is 6.91. The van der Waals surface area contributed by atoms with Crippen LogP contribution >= 0.6 is 0 Å². The molecular formula is C18H31N3. The van der Waals surface area contributed by atoms with Gasteiger partial charge in [0.1, 0.15) is 0 Å². The van der Waals surface area contributed by atoms with Crippen LogP contribution in [0.15, 0.2) is 24.4 Å². The first-order valence-corrected chi connectivity index (χ1v) is 8.43. The van der Waals surface area contributed by atoms with Gasteiger partial charge in [0.15, 0.2) is 0 Å². The van der Waals surface area contributed by atoms with Crippen LogP contribution in [0.5, 0.6) is 0 Å². The van der Waals surface area contributed by atoms with Crippen molar-refractivity contribution in [3.05, 3.63) is 30.1 Å². The lowest BCUT2D eigenvalue weighted by Gasteiger charge is -2.42. The first kappa shape index (κ1) is 16.4. The van der Waals surface area contributed by atoms with E-state index in [1.807, 2.05) is 12.3 Å². The minimum atomic E-state index is 0.442. The van der Waals surface area contributed by atoms with E-state index in [9.17, 15) is 0 Å². The second-order valence-electron chi connectivity index (χ2n) is 6.98. The fourth-order valence-corrected chi connectivity index (χ4v) is 3.92. The molecule has 1 heterocycles. The lowest BCUT2D eigenvalue weighted by Crippen LogP contribution is -2.45. The second-order valence-corrected chi connectivity index (χ2v) is 6.98. The maximum Gasteiger partial charge on any atom is 0.0543 e.